The van der Waals surface area contributed by atoms with E-state index in [0.29, 0.717) is 35.5 Å². The number of thiazole rings is 1. The van der Waals surface area contributed by atoms with E-state index in [4.69, 9.17) is 16.3 Å². The molecule has 7 heteroatoms. The lowest BCUT2D eigenvalue weighted by atomic mass is 9.98. The monoisotopic (exact) mass is 455 g/mol. The molecule has 31 heavy (non-hydrogen) atoms. The first-order valence-electron chi connectivity index (χ1n) is 10.4. The van der Waals surface area contributed by atoms with Crippen molar-refractivity contribution in [2.24, 2.45) is 5.92 Å². The third kappa shape index (κ3) is 5.63. The Morgan fingerprint density at radius 2 is 2.00 bits per heavy atom. The molecule has 1 aliphatic rings. The maximum absolute atomic E-state index is 12.8. The van der Waals surface area contributed by atoms with Gasteiger partial charge in [0.1, 0.15) is 11.4 Å². The summed E-state index contributed by atoms with van der Waals surface area (Å²) in [6.07, 6.45) is 4.05. The molecule has 2 aromatic heterocycles. The quantitative estimate of drug-likeness (QED) is 0.483. The minimum Gasteiger partial charge on any atom is -0.491 e. The highest BCUT2D eigenvalue weighted by atomic mass is 35.5. The molecule has 0 bridgehead atoms. The molecule has 1 saturated carbocycles. The van der Waals surface area contributed by atoms with Crippen LogP contribution in [-0.4, -0.2) is 22.5 Å². The number of amides is 1. The van der Waals surface area contributed by atoms with Crippen LogP contribution in [0.15, 0.2) is 41.9 Å². The molecular formula is C24H26ClN3O2S. The van der Waals surface area contributed by atoms with Gasteiger partial charge in [-0.1, -0.05) is 44.5 Å². The molecule has 0 aliphatic heterocycles. The normalized spacial score (nSPS) is 13.8. The van der Waals surface area contributed by atoms with Crippen molar-refractivity contribution >= 4 is 28.8 Å². The first-order chi connectivity index (χ1) is 14.8. The summed E-state index contributed by atoms with van der Waals surface area (Å²) in [4.78, 5) is 21.8. The molecule has 3 aromatic rings. The lowest BCUT2D eigenvalue weighted by molar-refractivity contribution is 0.0945. The summed E-state index contributed by atoms with van der Waals surface area (Å²) >= 11 is 7.66. The number of benzene rings is 1. The van der Waals surface area contributed by atoms with Crippen LogP contribution < -0.4 is 10.1 Å². The van der Waals surface area contributed by atoms with Gasteiger partial charge in [0.2, 0.25) is 0 Å². The Kier molecular flexibility index (Phi) is 6.30. The number of rotatable bonds is 7. The zero-order valence-electron chi connectivity index (χ0n) is 17.9. The molecule has 0 spiro atoms. The van der Waals surface area contributed by atoms with Crippen molar-refractivity contribution in [1.29, 1.82) is 0 Å². The Bertz CT molecular complexity index is 1070. The van der Waals surface area contributed by atoms with E-state index in [0.717, 1.165) is 21.8 Å². The third-order valence-electron chi connectivity index (χ3n) is 5.05. The van der Waals surface area contributed by atoms with Gasteiger partial charge in [-0.2, -0.15) is 0 Å². The summed E-state index contributed by atoms with van der Waals surface area (Å²) < 4.78 is 6.01. The molecule has 1 N–H and O–H groups in total. The zero-order valence-corrected chi connectivity index (χ0v) is 19.5. The van der Waals surface area contributed by atoms with Crippen molar-refractivity contribution in [1.82, 2.24) is 15.3 Å². The van der Waals surface area contributed by atoms with Gasteiger partial charge in [-0.15, -0.1) is 11.3 Å². The average molecular weight is 456 g/mol. The maximum atomic E-state index is 12.8. The summed E-state index contributed by atoms with van der Waals surface area (Å²) in [5, 5.41) is 6.63. The van der Waals surface area contributed by atoms with E-state index >= 15 is 0 Å². The summed E-state index contributed by atoms with van der Waals surface area (Å²) in [6.45, 7) is 7.42. The lowest BCUT2D eigenvalue weighted by Gasteiger charge is -2.14. The topological polar surface area (TPSA) is 64.1 Å². The molecule has 1 amide bonds. The number of hydrogen-bond donors (Lipinski definition) is 1. The third-order valence-corrected chi connectivity index (χ3v) is 6.62. The molecule has 162 valence electrons. The van der Waals surface area contributed by atoms with Gasteiger partial charge < -0.3 is 10.1 Å². The number of nitrogens with zero attached hydrogens (tertiary/aromatic N) is 2. The summed E-state index contributed by atoms with van der Waals surface area (Å²) in [5.74, 6) is 1.06. The Balaban J connectivity index is 1.51. The molecule has 0 unspecified atom stereocenters. The van der Waals surface area contributed by atoms with Gasteiger partial charge in [0.05, 0.1) is 30.1 Å². The molecule has 0 radical (unpaired) electrons. The number of aromatic nitrogens is 2. The van der Waals surface area contributed by atoms with Crippen LogP contribution in [0.3, 0.4) is 0 Å². The highest BCUT2D eigenvalue weighted by molar-refractivity contribution is 7.09. The van der Waals surface area contributed by atoms with Crippen LogP contribution in [0.25, 0.3) is 11.1 Å². The fourth-order valence-corrected chi connectivity index (χ4v) is 4.06. The van der Waals surface area contributed by atoms with Crippen molar-refractivity contribution in [2.75, 3.05) is 6.61 Å². The zero-order chi connectivity index (χ0) is 22.0. The Hall–Kier alpha value is -2.44. The van der Waals surface area contributed by atoms with Gasteiger partial charge >= 0.3 is 0 Å². The first kappa shape index (κ1) is 21.8. The Morgan fingerprint density at radius 3 is 2.65 bits per heavy atom. The number of pyridine rings is 1. The van der Waals surface area contributed by atoms with Crippen LogP contribution in [0.1, 0.15) is 54.8 Å². The molecule has 0 atom stereocenters. The van der Waals surface area contributed by atoms with Crippen LogP contribution in [0.4, 0.5) is 0 Å². The molecule has 4 rings (SSSR count). The molecule has 1 aliphatic carbocycles. The van der Waals surface area contributed by atoms with Crippen LogP contribution in [0.2, 0.25) is 5.02 Å². The molecule has 2 heterocycles. The maximum Gasteiger partial charge on any atom is 0.270 e. The standard InChI is InChI=1S/C24H26ClN3O2S/c1-24(2,3)23-28-18(14-31-23)11-27-22(29)20-10-19(16-6-8-17(25)9-7-16)21(12-26-20)30-13-15-4-5-15/h6-10,12,14-15H,4-5,11,13H2,1-3H3,(H,27,29). The van der Waals surface area contributed by atoms with Crippen molar-refractivity contribution in [3.63, 3.8) is 0 Å². The Labute approximate surface area is 191 Å². The van der Waals surface area contributed by atoms with Crippen LogP contribution in [0.5, 0.6) is 5.75 Å². The van der Waals surface area contributed by atoms with Crippen molar-refractivity contribution in [3.05, 3.63) is 63.3 Å². The summed E-state index contributed by atoms with van der Waals surface area (Å²) in [5.41, 5.74) is 2.96. The second kappa shape index (κ2) is 8.97. The molecule has 1 fully saturated rings. The van der Waals surface area contributed by atoms with Crippen molar-refractivity contribution < 1.29 is 9.53 Å². The van der Waals surface area contributed by atoms with Gasteiger partial charge in [-0.3, -0.25) is 4.79 Å². The molecule has 5 nitrogen and oxygen atoms in total. The second-order valence-corrected chi connectivity index (χ2v) is 10.2. The highest BCUT2D eigenvalue weighted by Gasteiger charge is 2.23. The van der Waals surface area contributed by atoms with Crippen LogP contribution >= 0.6 is 22.9 Å². The van der Waals surface area contributed by atoms with Crippen LogP contribution in [-0.2, 0) is 12.0 Å². The minimum absolute atomic E-state index is 0.00173. The van der Waals surface area contributed by atoms with E-state index in [1.54, 1.807) is 23.6 Å². The van der Waals surface area contributed by atoms with E-state index in [1.165, 1.54) is 12.8 Å². The first-order valence-corrected chi connectivity index (χ1v) is 11.7. The molecule has 1 aromatic carbocycles. The van der Waals surface area contributed by atoms with Crippen molar-refractivity contribution in [2.45, 2.75) is 45.6 Å². The second-order valence-electron chi connectivity index (χ2n) is 8.90. The van der Waals surface area contributed by atoms with E-state index in [9.17, 15) is 4.79 Å². The van der Waals surface area contributed by atoms with E-state index in [2.05, 4.69) is 36.1 Å². The SMILES string of the molecule is CC(C)(C)c1nc(CNC(=O)c2cc(-c3ccc(Cl)cc3)c(OCC3CC3)cn2)cs1. The fraction of sp³-hybridized carbons (Fsp3) is 0.375. The fourth-order valence-electron chi connectivity index (χ4n) is 3.02. The lowest BCUT2D eigenvalue weighted by Crippen LogP contribution is -2.24. The number of halogens is 1. The van der Waals surface area contributed by atoms with Gasteiger partial charge in [0.15, 0.2) is 0 Å². The minimum atomic E-state index is -0.241. The van der Waals surface area contributed by atoms with Crippen LogP contribution in [0, 0.1) is 5.92 Å². The van der Waals surface area contributed by atoms with E-state index < -0.39 is 0 Å². The summed E-state index contributed by atoms with van der Waals surface area (Å²) in [6, 6.07) is 9.29. The predicted molar refractivity (Wildman–Crippen MR) is 125 cm³/mol. The number of ether oxygens (including phenoxy) is 1. The smallest absolute Gasteiger partial charge is 0.270 e. The molecule has 0 saturated heterocycles. The number of carbonyl (C=O) groups is 1. The number of nitrogens with one attached hydrogen (secondary N) is 1. The Morgan fingerprint density at radius 1 is 1.26 bits per heavy atom. The van der Waals surface area contributed by atoms with Crippen molar-refractivity contribution in [3.8, 4) is 16.9 Å². The molecular weight excluding hydrogens is 430 g/mol. The predicted octanol–water partition coefficient (Wildman–Crippen LogP) is 5.87. The van der Waals surface area contributed by atoms with E-state index in [1.807, 2.05) is 29.6 Å². The van der Waals surface area contributed by atoms with Gasteiger partial charge in [-0.25, -0.2) is 9.97 Å². The highest BCUT2D eigenvalue weighted by Crippen LogP contribution is 2.34. The largest absolute Gasteiger partial charge is 0.491 e. The van der Waals surface area contributed by atoms with Gasteiger partial charge in [-0.05, 0) is 42.5 Å². The number of hydrogen-bond acceptors (Lipinski definition) is 5. The van der Waals surface area contributed by atoms with E-state index in [-0.39, 0.29) is 11.3 Å². The van der Waals surface area contributed by atoms with Gasteiger partial charge in [0, 0.05) is 21.4 Å². The summed E-state index contributed by atoms with van der Waals surface area (Å²) in [7, 11) is 0. The number of carbonyl (C=O) groups excluding carboxylic acids is 1. The average Bonchev–Trinajstić information content (AvgIpc) is 3.44. The van der Waals surface area contributed by atoms with Gasteiger partial charge in [0.25, 0.3) is 5.91 Å².